The number of benzene rings is 1. The highest BCUT2D eigenvalue weighted by Crippen LogP contribution is 2.43. The highest BCUT2D eigenvalue weighted by atomic mass is 19.2. The summed E-state index contributed by atoms with van der Waals surface area (Å²) in [6.07, 6.45) is 17.4. The van der Waals surface area contributed by atoms with Gasteiger partial charge in [0.25, 0.3) is 0 Å². The fourth-order valence-electron chi connectivity index (χ4n) is 4.89. The number of unbranched alkanes of at least 4 members (excludes halogenated alkanes) is 2. The van der Waals surface area contributed by atoms with E-state index < -0.39 is 11.6 Å². The van der Waals surface area contributed by atoms with Crippen molar-refractivity contribution in [1.82, 2.24) is 0 Å². The fraction of sp³-hybridized carbons (Fsp3) is 0.556. The number of allylic oxidation sites excluding steroid dienone is 2. The molecule has 0 aromatic heterocycles. The van der Waals surface area contributed by atoms with Crippen LogP contribution < -0.4 is 0 Å². The Balaban J connectivity index is 1.63. The minimum atomic E-state index is -0.884. The van der Waals surface area contributed by atoms with Crippen molar-refractivity contribution in [3.8, 4) is 11.8 Å². The summed E-state index contributed by atoms with van der Waals surface area (Å²) in [4.78, 5) is 0. The summed E-state index contributed by atoms with van der Waals surface area (Å²) in [6, 6.07) is 4.09. The van der Waals surface area contributed by atoms with E-state index in [4.69, 9.17) is 4.74 Å². The molecule has 2 aliphatic carbocycles. The van der Waals surface area contributed by atoms with E-state index in [1.165, 1.54) is 63.5 Å². The van der Waals surface area contributed by atoms with Crippen LogP contribution >= 0.6 is 0 Å². The number of hydrogen-bond acceptors (Lipinski definition) is 1. The molecule has 1 fully saturated rings. The molecule has 162 valence electrons. The molecule has 0 amide bonds. The summed E-state index contributed by atoms with van der Waals surface area (Å²) in [5, 5.41) is 0. The third kappa shape index (κ3) is 5.61. The van der Waals surface area contributed by atoms with Gasteiger partial charge < -0.3 is 4.74 Å². The zero-order chi connectivity index (χ0) is 21.4. The molecular weight excluding hydrogens is 378 g/mol. The predicted octanol–water partition coefficient (Wildman–Crippen LogP) is 7.36. The lowest BCUT2D eigenvalue weighted by molar-refractivity contribution is -0.0585. The van der Waals surface area contributed by atoms with Crippen molar-refractivity contribution in [2.45, 2.75) is 77.2 Å². The molecule has 1 atom stereocenters. The lowest BCUT2D eigenvalue weighted by Gasteiger charge is -2.42. The molecule has 30 heavy (non-hydrogen) atoms. The Labute approximate surface area is 180 Å². The van der Waals surface area contributed by atoms with Crippen molar-refractivity contribution in [2.75, 3.05) is 6.61 Å². The topological polar surface area (TPSA) is 9.23 Å². The summed E-state index contributed by atoms with van der Waals surface area (Å²) in [7, 11) is 0. The van der Waals surface area contributed by atoms with Gasteiger partial charge in [0.05, 0.1) is 11.2 Å². The van der Waals surface area contributed by atoms with Gasteiger partial charge in [-0.2, -0.15) is 0 Å². The maximum absolute atomic E-state index is 13.8. The molecule has 0 spiro atoms. The van der Waals surface area contributed by atoms with Crippen molar-refractivity contribution in [1.29, 1.82) is 0 Å². The quantitative estimate of drug-likeness (QED) is 0.336. The van der Waals surface area contributed by atoms with E-state index in [2.05, 4.69) is 37.8 Å². The van der Waals surface area contributed by atoms with Crippen LogP contribution in [0.1, 0.15) is 77.2 Å². The van der Waals surface area contributed by atoms with Crippen molar-refractivity contribution in [2.24, 2.45) is 11.8 Å². The SMILES string of the molecule is CCCCCC1CCC(C2(OCC)C=CC(C#Cc3cccc(F)c3F)=CC2)CC1. The maximum atomic E-state index is 13.8. The highest BCUT2D eigenvalue weighted by molar-refractivity contribution is 5.47. The van der Waals surface area contributed by atoms with Gasteiger partial charge in [-0.1, -0.05) is 75.5 Å². The average molecular weight is 413 g/mol. The Morgan fingerprint density at radius 3 is 2.53 bits per heavy atom. The normalized spacial score (nSPS) is 26.1. The molecule has 0 radical (unpaired) electrons. The first kappa shape index (κ1) is 22.8. The van der Waals surface area contributed by atoms with Crippen molar-refractivity contribution < 1.29 is 13.5 Å². The molecular formula is C27H34F2O. The molecule has 1 aromatic carbocycles. The predicted molar refractivity (Wildman–Crippen MR) is 119 cm³/mol. The van der Waals surface area contributed by atoms with Gasteiger partial charge in [0.15, 0.2) is 11.6 Å². The van der Waals surface area contributed by atoms with Gasteiger partial charge in [-0.25, -0.2) is 8.78 Å². The summed E-state index contributed by atoms with van der Waals surface area (Å²) in [5.74, 6) is 5.41. The first-order valence-corrected chi connectivity index (χ1v) is 11.6. The second-order valence-corrected chi connectivity index (χ2v) is 8.65. The largest absolute Gasteiger partial charge is 0.371 e. The summed E-state index contributed by atoms with van der Waals surface area (Å²) >= 11 is 0. The van der Waals surface area contributed by atoms with Gasteiger partial charge in [-0.15, -0.1) is 0 Å². The summed E-state index contributed by atoms with van der Waals surface area (Å²) in [5.41, 5.74) is 0.674. The zero-order valence-corrected chi connectivity index (χ0v) is 18.4. The van der Waals surface area contributed by atoms with Gasteiger partial charge in [0.2, 0.25) is 0 Å². The molecule has 2 aliphatic rings. The van der Waals surface area contributed by atoms with Gasteiger partial charge in [0.1, 0.15) is 0 Å². The Morgan fingerprint density at radius 2 is 1.87 bits per heavy atom. The molecule has 1 nitrogen and oxygen atoms in total. The van der Waals surface area contributed by atoms with E-state index in [-0.39, 0.29) is 11.2 Å². The number of halogens is 2. The lowest BCUT2D eigenvalue weighted by Crippen LogP contribution is -2.41. The van der Waals surface area contributed by atoms with E-state index in [0.29, 0.717) is 12.5 Å². The average Bonchev–Trinajstić information content (AvgIpc) is 2.77. The monoisotopic (exact) mass is 412 g/mol. The van der Waals surface area contributed by atoms with E-state index in [9.17, 15) is 8.78 Å². The third-order valence-electron chi connectivity index (χ3n) is 6.65. The van der Waals surface area contributed by atoms with Crippen LogP contribution in [0.3, 0.4) is 0 Å². The van der Waals surface area contributed by atoms with Crippen LogP contribution in [-0.4, -0.2) is 12.2 Å². The minimum Gasteiger partial charge on any atom is -0.371 e. The van der Waals surface area contributed by atoms with E-state index in [1.807, 2.05) is 6.08 Å². The van der Waals surface area contributed by atoms with Crippen molar-refractivity contribution in [3.63, 3.8) is 0 Å². The Bertz CT molecular complexity index is 821. The summed E-state index contributed by atoms with van der Waals surface area (Å²) in [6.45, 7) is 5.00. The number of ether oxygens (including phenoxy) is 1. The van der Waals surface area contributed by atoms with Gasteiger partial charge in [-0.3, -0.25) is 0 Å². The lowest BCUT2D eigenvalue weighted by atomic mass is 9.70. The molecule has 1 saturated carbocycles. The molecule has 0 bridgehead atoms. The van der Waals surface area contributed by atoms with E-state index >= 15 is 0 Å². The van der Waals surface area contributed by atoms with Gasteiger partial charge >= 0.3 is 0 Å². The third-order valence-corrected chi connectivity index (χ3v) is 6.65. The maximum Gasteiger partial charge on any atom is 0.174 e. The Kier molecular flexibility index (Phi) is 8.28. The molecule has 0 heterocycles. The van der Waals surface area contributed by atoms with Crippen LogP contribution in [0.5, 0.6) is 0 Å². The van der Waals surface area contributed by atoms with E-state index in [1.54, 1.807) is 0 Å². The summed E-state index contributed by atoms with van der Waals surface area (Å²) < 4.78 is 33.5. The van der Waals surface area contributed by atoms with Gasteiger partial charge in [0, 0.05) is 12.2 Å². The van der Waals surface area contributed by atoms with Crippen LogP contribution in [0, 0.1) is 35.3 Å². The zero-order valence-electron chi connectivity index (χ0n) is 18.4. The molecule has 3 rings (SSSR count). The van der Waals surface area contributed by atoms with Gasteiger partial charge in [-0.05, 0) is 56.2 Å². The first-order chi connectivity index (χ1) is 14.6. The van der Waals surface area contributed by atoms with Crippen molar-refractivity contribution >= 4 is 0 Å². The van der Waals surface area contributed by atoms with Crippen LogP contribution in [-0.2, 0) is 4.74 Å². The second kappa shape index (κ2) is 10.9. The number of rotatable bonds is 7. The Hall–Kier alpha value is -1.92. The molecule has 0 aliphatic heterocycles. The van der Waals surface area contributed by atoms with Crippen molar-refractivity contribution in [3.05, 3.63) is 59.2 Å². The fourth-order valence-corrected chi connectivity index (χ4v) is 4.89. The van der Waals surface area contributed by atoms with Crippen LogP contribution in [0.4, 0.5) is 8.78 Å². The standard InChI is InChI=1S/C27H34F2O/c1-3-5-6-8-21-12-15-24(16-13-21)27(30-4-2)19-17-22(18-20-27)11-14-23-9-7-10-25(28)26(23)29/h7,9-10,17-19,21,24H,3-6,8,12-13,15-16,20H2,1-2H3. The molecule has 0 N–H and O–H groups in total. The highest BCUT2D eigenvalue weighted by Gasteiger charge is 2.39. The molecule has 3 heteroatoms. The van der Waals surface area contributed by atoms with Crippen LogP contribution in [0.2, 0.25) is 0 Å². The first-order valence-electron chi connectivity index (χ1n) is 11.6. The smallest absolute Gasteiger partial charge is 0.174 e. The number of hydrogen-bond donors (Lipinski definition) is 0. The molecule has 1 aromatic rings. The molecule has 1 unspecified atom stereocenters. The molecule has 0 saturated heterocycles. The minimum absolute atomic E-state index is 0.0901. The van der Waals surface area contributed by atoms with E-state index in [0.717, 1.165) is 24.0 Å². The van der Waals surface area contributed by atoms with Crippen LogP contribution in [0.15, 0.2) is 42.0 Å². The van der Waals surface area contributed by atoms with Crippen LogP contribution in [0.25, 0.3) is 0 Å². The second-order valence-electron chi connectivity index (χ2n) is 8.65. The Morgan fingerprint density at radius 1 is 1.07 bits per heavy atom.